The number of carbonyl (C=O) groups is 1. The first-order chi connectivity index (χ1) is 8.38. The molecular formula is C10H16ClN5O2. The van der Waals surface area contributed by atoms with Crippen LogP contribution in [-0.4, -0.2) is 52.5 Å². The lowest BCUT2D eigenvalue weighted by atomic mass is 10.5. The molecule has 1 rings (SSSR count). The highest BCUT2D eigenvalue weighted by molar-refractivity contribution is 6.28. The molecule has 0 aliphatic carbocycles. The van der Waals surface area contributed by atoms with Crippen molar-refractivity contribution in [2.45, 2.75) is 20.0 Å². The molecule has 0 unspecified atom stereocenters. The molecular weight excluding hydrogens is 258 g/mol. The Balaban J connectivity index is 2.71. The molecule has 1 amide bonds. The molecule has 0 bridgehead atoms. The van der Waals surface area contributed by atoms with Crippen LogP contribution < -0.4 is 10.1 Å². The van der Waals surface area contributed by atoms with Gasteiger partial charge >= 0.3 is 6.01 Å². The van der Waals surface area contributed by atoms with Gasteiger partial charge in [-0.1, -0.05) is 0 Å². The quantitative estimate of drug-likeness (QED) is 0.855. The van der Waals surface area contributed by atoms with E-state index >= 15 is 0 Å². The molecule has 1 heterocycles. The number of hydrogen-bond donors (Lipinski definition) is 1. The normalized spacial score (nSPS) is 10.3. The van der Waals surface area contributed by atoms with Crippen LogP contribution in [0.3, 0.4) is 0 Å². The summed E-state index contributed by atoms with van der Waals surface area (Å²) in [5, 5.41) is 2.78. The number of nitrogens with one attached hydrogen (secondary N) is 1. The van der Waals surface area contributed by atoms with Crippen molar-refractivity contribution in [1.29, 1.82) is 0 Å². The summed E-state index contributed by atoms with van der Waals surface area (Å²) in [7, 11) is 3.33. The van der Waals surface area contributed by atoms with Crippen molar-refractivity contribution in [2.24, 2.45) is 0 Å². The molecule has 0 radical (unpaired) electrons. The molecule has 0 saturated carbocycles. The zero-order chi connectivity index (χ0) is 13.7. The largest absolute Gasteiger partial charge is 0.461 e. The number of ether oxygens (including phenoxy) is 1. The molecule has 0 atom stereocenters. The minimum Gasteiger partial charge on any atom is -0.461 e. The van der Waals surface area contributed by atoms with Crippen molar-refractivity contribution in [3.8, 4) is 6.01 Å². The van der Waals surface area contributed by atoms with E-state index in [0.29, 0.717) is 0 Å². The molecule has 0 saturated heterocycles. The molecule has 0 spiro atoms. The molecule has 0 aromatic carbocycles. The van der Waals surface area contributed by atoms with Gasteiger partial charge in [0.05, 0.1) is 12.6 Å². The summed E-state index contributed by atoms with van der Waals surface area (Å²) in [6.07, 6.45) is -0.0697. The van der Waals surface area contributed by atoms with E-state index in [1.165, 1.54) is 4.90 Å². The lowest BCUT2D eigenvalue weighted by Gasteiger charge is -2.12. The summed E-state index contributed by atoms with van der Waals surface area (Å²) >= 11 is 5.73. The van der Waals surface area contributed by atoms with Gasteiger partial charge in [0.2, 0.25) is 17.1 Å². The highest BCUT2D eigenvalue weighted by Crippen LogP contribution is 2.12. The van der Waals surface area contributed by atoms with Crippen molar-refractivity contribution in [1.82, 2.24) is 19.9 Å². The predicted molar refractivity (Wildman–Crippen MR) is 67.8 cm³/mol. The van der Waals surface area contributed by atoms with Crippen LogP contribution in [-0.2, 0) is 4.79 Å². The first-order valence-corrected chi connectivity index (χ1v) is 5.78. The average Bonchev–Trinajstić information content (AvgIpc) is 2.23. The second kappa shape index (κ2) is 6.34. The number of carbonyl (C=O) groups excluding carboxylic acids is 1. The fourth-order valence-corrected chi connectivity index (χ4v) is 1.14. The first-order valence-electron chi connectivity index (χ1n) is 5.40. The number of amides is 1. The van der Waals surface area contributed by atoms with Crippen LogP contribution in [0.5, 0.6) is 6.01 Å². The maximum atomic E-state index is 11.4. The van der Waals surface area contributed by atoms with Crippen molar-refractivity contribution in [3.05, 3.63) is 5.28 Å². The lowest BCUT2D eigenvalue weighted by molar-refractivity contribution is -0.126. The van der Waals surface area contributed by atoms with Gasteiger partial charge in [-0.3, -0.25) is 4.79 Å². The van der Waals surface area contributed by atoms with E-state index in [9.17, 15) is 4.79 Å². The summed E-state index contributed by atoms with van der Waals surface area (Å²) < 4.78 is 5.31. The molecule has 18 heavy (non-hydrogen) atoms. The monoisotopic (exact) mass is 273 g/mol. The van der Waals surface area contributed by atoms with E-state index < -0.39 is 0 Å². The third-order valence-electron chi connectivity index (χ3n) is 1.83. The van der Waals surface area contributed by atoms with Gasteiger partial charge in [-0.2, -0.15) is 15.0 Å². The van der Waals surface area contributed by atoms with E-state index in [2.05, 4.69) is 20.3 Å². The zero-order valence-electron chi connectivity index (χ0n) is 10.8. The number of aromatic nitrogens is 3. The molecule has 0 aliphatic heterocycles. The van der Waals surface area contributed by atoms with Gasteiger partial charge in [0.15, 0.2) is 0 Å². The number of rotatable bonds is 5. The molecule has 0 aliphatic rings. The van der Waals surface area contributed by atoms with Crippen LogP contribution in [0.15, 0.2) is 0 Å². The van der Waals surface area contributed by atoms with E-state index in [1.807, 2.05) is 13.8 Å². The highest BCUT2D eigenvalue weighted by Gasteiger charge is 2.09. The van der Waals surface area contributed by atoms with Crippen molar-refractivity contribution >= 4 is 23.5 Å². The minimum atomic E-state index is -0.0992. The summed E-state index contributed by atoms with van der Waals surface area (Å²) in [6.45, 7) is 3.77. The molecule has 1 aromatic rings. The predicted octanol–water partition coefficient (Wildman–Crippen LogP) is 0.812. The van der Waals surface area contributed by atoms with E-state index in [-0.39, 0.29) is 35.8 Å². The summed E-state index contributed by atoms with van der Waals surface area (Å²) in [4.78, 5) is 24.5. The summed E-state index contributed by atoms with van der Waals surface area (Å²) in [5.74, 6) is 0.110. The van der Waals surface area contributed by atoms with Crippen molar-refractivity contribution in [2.75, 3.05) is 26.0 Å². The fourth-order valence-electron chi connectivity index (χ4n) is 0.987. The fraction of sp³-hybridized carbons (Fsp3) is 0.600. The number of likely N-dealkylation sites (N-methyl/N-ethyl adjacent to an activating group) is 1. The SMILES string of the molecule is CC(C)Oc1nc(Cl)nc(NCC(=O)N(C)C)n1. The standard InChI is InChI=1S/C10H16ClN5O2/c1-6(2)18-10-14-8(11)13-9(15-10)12-5-7(17)16(3)4/h6H,5H2,1-4H3,(H,12,13,14,15). The highest BCUT2D eigenvalue weighted by atomic mass is 35.5. The topological polar surface area (TPSA) is 80.2 Å². The first kappa shape index (κ1) is 14.4. The van der Waals surface area contributed by atoms with Crippen LogP contribution in [0, 0.1) is 0 Å². The van der Waals surface area contributed by atoms with Gasteiger partial charge in [-0.05, 0) is 25.4 Å². The minimum absolute atomic E-state index is 0.0143. The Morgan fingerprint density at radius 3 is 2.61 bits per heavy atom. The van der Waals surface area contributed by atoms with Crippen LogP contribution in [0.25, 0.3) is 0 Å². The van der Waals surface area contributed by atoms with Gasteiger partial charge in [0, 0.05) is 14.1 Å². The second-order valence-corrected chi connectivity index (χ2v) is 4.36. The van der Waals surface area contributed by atoms with Gasteiger partial charge in [0.1, 0.15) is 0 Å². The Bertz CT molecular complexity index is 425. The zero-order valence-corrected chi connectivity index (χ0v) is 11.5. The third-order valence-corrected chi connectivity index (χ3v) is 1.99. The second-order valence-electron chi connectivity index (χ2n) is 4.02. The van der Waals surface area contributed by atoms with Crippen LogP contribution in [0.2, 0.25) is 5.28 Å². The van der Waals surface area contributed by atoms with Crippen LogP contribution >= 0.6 is 11.6 Å². The Kier molecular flexibility index (Phi) is 5.08. The lowest BCUT2D eigenvalue weighted by Crippen LogP contribution is -2.29. The maximum Gasteiger partial charge on any atom is 0.322 e. The molecule has 100 valence electrons. The smallest absolute Gasteiger partial charge is 0.322 e. The number of nitrogens with zero attached hydrogens (tertiary/aromatic N) is 4. The number of hydrogen-bond acceptors (Lipinski definition) is 6. The van der Waals surface area contributed by atoms with Gasteiger partial charge in [0.25, 0.3) is 0 Å². The molecule has 8 heteroatoms. The third kappa shape index (κ3) is 4.70. The van der Waals surface area contributed by atoms with E-state index in [4.69, 9.17) is 16.3 Å². The average molecular weight is 274 g/mol. The van der Waals surface area contributed by atoms with Gasteiger partial charge in [-0.25, -0.2) is 0 Å². The summed E-state index contributed by atoms with van der Waals surface area (Å²) in [6, 6.07) is 0.129. The Labute approximate surface area is 111 Å². The summed E-state index contributed by atoms with van der Waals surface area (Å²) in [5.41, 5.74) is 0. The van der Waals surface area contributed by atoms with Crippen LogP contribution in [0.1, 0.15) is 13.8 Å². The van der Waals surface area contributed by atoms with Crippen LogP contribution in [0.4, 0.5) is 5.95 Å². The Morgan fingerprint density at radius 2 is 2.06 bits per heavy atom. The Hall–Kier alpha value is -1.63. The van der Waals surface area contributed by atoms with Crippen molar-refractivity contribution in [3.63, 3.8) is 0 Å². The van der Waals surface area contributed by atoms with E-state index in [0.717, 1.165) is 0 Å². The number of anilines is 1. The molecule has 7 nitrogen and oxygen atoms in total. The van der Waals surface area contributed by atoms with E-state index in [1.54, 1.807) is 14.1 Å². The Morgan fingerprint density at radius 1 is 1.39 bits per heavy atom. The van der Waals surface area contributed by atoms with Gasteiger partial charge < -0.3 is 15.0 Å². The molecule has 1 N–H and O–H groups in total. The van der Waals surface area contributed by atoms with Crippen molar-refractivity contribution < 1.29 is 9.53 Å². The molecule has 0 fully saturated rings. The molecule has 1 aromatic heterocycles. The van der Waals surface area contributed by atoms with Gasteiger partial charge in [-0.15, -0.1) is 0 Å². The maximum absolute atomic E-state index is 11.4. The number of halogens is 1.